The minimum absolute atomic E-state index is 0.153. The van der Waals surface area contributed by atoms with Gasteiger partial charge in [-0.05, 0) is 36.1 Å². The highest BCUT2D eigenvalue weighted by Crippen LogP contribution is 2.32. The van der Waals surface area contributed by atoms with E-state index in [-0.39, 0.29) is 21.2 Å². The summed E-state index contributed by atoms with van der Waals surface area (Å²) in [5, 5.41) is 27.0. The van der Waals surface area contributed by atoms with Gasteiger partial charge in [-0.15, -0.1) is 0 Å². The molecule has 0 unspecified atom stereocenters. The number of rotatable bonds is 3. The lowest BCUT2D eigenvalue weighted by molar-refractivity contribution is -0.384. The molecule has 1 saturated heterocycles. The van der Waals surface area contributed by atoms with Gasteiger partial charge in [0.1, 0.15) is 0 Å². The average Bonchev–Trinajstić information content (AvgIpc) is 3.50. The van der Waals surface area contributed by atoms with Crippen molar-refractivity contribution in [3.63, 3.8) is 0 Å². The molecular weight excluding hydrogens is 488 g/mol. The van der Waals surface area contributed by atoms with Crippen LogP contribution in [0.5, 0.6) is 0 Å². The largest absolute Gasteiger partial charge is 0.381 e. The van der Waals surface area contributed by atoms with Crippen LogP contribution in [0.4, 0.5) is 11.4 Å². The fraction of sp³-hybridized carbons (Fsp3) is 0.407. The lowest BCUT2D eigenvalue weighted by Crippen LogP contribution is -2.42. The van der Waals surface area contributed by atoms with E-state index >= 15 is 0 Å². The molecule has 198 valence electrons. The van der Waals surface area contributed by atoms with Gasteiger partial charge in [0, 0.05) is 116 Å². The zero-order chi connectivity index (χ0) is 26.2. The number of nitro benzene ring substituents is 2. The lowest BCUT2D eigenvalue weighted by atomic mass is 9.99. The highest BCUT2D eigenvalue weighted by molar-refractivity contribution is 5.87. The summed E-state index contributed by atoms with van der Waals surface area (Å²) in [6.07, 6.45) is 4.10. The Labute approximate surface area is 218 Å². The van der Waals surface area contributed by atoms with Gasteiger partial charge in [0.25, 0.3) is 11.4 Å². The predicted octanol–water partition coefficient (Wildman–Crippen LogP) is 4.34. The number of aromatic amines is 2. The molecule has 1 fully saturated rings. The number of hydrogen-bond donors (Lipinski definition) is 3. The van der Waals surface area contributed by atoms with E-state index in [4.69, 9.17) is 4.74 Å². The molecule has 2 aromatic carbocycles. The SMILES string of the molecule is O=[N+]([O-])c1ccc2[nH]c3c(c2c1)CN(C1CCOCC1)CC3.O=[N+]([O-])c1ccc2[nH]c3c(c2c1)CNCC3. The monoisotopic (exact) mass is 518 g/mol. The Morgan fingerprint density at radius 3 is 2.08 bits per heavy atom. The zero-order valence-corrected chi connectivity index (χ0v) is 21.0. The predicted molar refractivity (Wildman–Crippen MR) is 143 cm³/mol. The van der Waals surface area contributed by atoms with Crippen molar-refractivity contribution in [2.24, 2.45) is 0 Å². The van der Waals surface area contributed by atoms with Crippen molar-refractivity contribution in [1.29, 1.82) is 0 Å². The summed E-state index contributed by atoms with van der Waals surface area (Å²) >= 11 is 0. The first-order chi connectivity index (χ1) is 18.5. The second kappa shape index (κ2) is 10.2. The second-order valence-corrected chi connectivity index (χ2v) is 10.1. The van der Waals surface area contributed by atoms with Crippen molar-refractivity contribution in [3.8, 4) is 0 Å². The summed E-state index contributed by atoms with van der Waals surface area (Å²) in [5.74, 6) is 0. The molecule has 3 aliphatic rings. The van der Waals surface area contributed by atoms with Crippen molar-refractivity contribution in [2.45, 2.75) is 44.8 Å². The first-order valence-electron chi connectivity index (χ1n) is 13.1. The highest BCUT2D eigenvalue weighted by atomic mass is 16.6. The topological polar surface area (TPSA) is 142 Å². The standard InChI is InChI=1S/C16H19N3O3.C11H11N3O2/c20-19(21)12-1-2-15-13(9-12)14-10-18(6-3-16(14)17-15)11-4-7-22-8-5-11;15-14(16)7-1-2-10-8(5-7)9-6-12-4-3-11(9)13-10/h1-2,9,11,17H,3-8,10H2;1-2,5,12-13H,3-4,6H2. The van der Waals surface area contributed by atoms with Gasteiger partial charge in [-0.3, -0.25) is 25.1 Å². The maximum atomic E-state index is 11.0. The van der Waals surface area contributed by atoms with E-state index in [2.05, 4.69) is 20.2 Å². The Bertz CT molecular complexity index is 1520. The van der Waals surface area contributed by atoms with Gasteiger partial charge < -0.3 is 20.0 Å². The summed E-state index contributed by atoms with van der Waals surface area (Å²) in [6.45, 7) is 5.35. The van der Waals surface area contributed by atoms with E-state index in [0.717, 1.165) is 86.9 Å². The Kier molecular flexibility index (Phi) is 6.56. The van der Waals surface area contributed by atoms with E-state index in [0.29, 0.717) is 6.04 Å². The van der Waals surface area contributed by atoms with Gasteiger partial charge in [-0.1, -0.05) is 0 Å². The van der Waals surface area contributed by atoms with Gasteiger partial charge in [-0.25, -0.2) is 0 Å². The van der Waals surface area contributed by atoms with Crippen molar-refractivity contribution < 1.29 is 14.6 Å². The van der Waals surface area contributed by atoms with E-state index < -0.39 is 0 Å². The number of H-pyrrole nitrogens is 2. The summed E-state index contributed by atoms with van der Waals surface area (Å²) in [4.78, 5) is 30.3. The van der Waals surface area contributed by atoms with Crippen LogP contribution in [0.25, 0.3) is 21.8 Å². The van der Waals surface area contributed by atoms with Gasteiger partial charge in [0.15, 0.2) is 0 Å². The van der Waals surface area contributed by atoms with Crippen molar-refractivity contribution in [2.75, 3.05) is 26.3 Å². The van der Waals surface area contributed by atoms with Gasteiger partial charge >= 0.3 is 0 Å². The molecule has 11 nitrogen and oxygen atoms in total. The van der Waals surface area contributed by atoms with Crippen molar-refractivity contribution in [3.05, 3.63) is 79.1 Å². The van der Waals surface area contributed by atoms with Gasteiger partial charge in [0.2, 0.25) is 0 Å². The number of benzene rings is 2. The van der Waals surface area contributed by atoms with Crippen molar-refractivity contribution in [1.82, 2.24) is 20.2 Å². The van der Waals surface area contributed by atoms with Crippen LogP contribution >= 0.6 is 0 Å². The fourth-order valence-corrected chi connectivity index (χ4v) is 5.95. The highest BCUT2D eigenvalue weighted by Gasteiger charge is 2.28. The molecule has 7 rings (SSSR count). The number of fused-ring (bicyclic) bond motifs is 6. The van der Waals surface area contributed by atoms with E-state index in [1.54, 1.807) is 24.3 Å². The molecule has 0 saturated carbocycles. The van der Waals surface area contributed by atoms with Crippen LogP contribution in [0.2, 0.25) is 0 Å². The Morgan fingerprint density at radius 1 is 0.842 bits per heavy atom. The van der Waals surface area contributed by atoms with Crippen LogP contribution in [0.15, 0.2) is 36.4 Å². The maximum Gasteiger partial charge on any atom is 0.270 e. The molecule has 0 radical (unpaired) electrons. The van der Waals surface area contributed by atoms with E-state index in [9.17, 15) is 20.2 Å². The quantitative estimate of drug-likeness (QED) is 0.271. The Hall–Kier alpha value is -3.80. The molecule has 0 aliphatic carbocycles. The van der Waals surface area contributed by atoms with Gasteiger partial charge in [0.05, 0.1) is 9.85 Å². The minimum atomic E-state index is -0.352. The first-order valence-corrected chi connectivity index (χ1v) is 13.1. The maximum absolute atomic E-state index is 11.0. The molecular formula is C27H30N6O5. The van der Waals surface area contributed by atoms with Crippen LogP contribution in [0.3, 0.4) is 0 Å². The normalized spacial score (nSPS) is 18.0. The number of non-ortho nitro benzene ring substituents is 2. The molecule has 0 atom stereocenters. The number of aromatic nitrogens is 2. The Morgan fingerprint density at radius 2 is 1.45 bits per heavy atom. The molecule has 2 aromatic heterocycles. The third-order valence-electron chi connectivity index (χ3n) is 7.95. The molecule has 0 bridgehead atoms. The molecule has 3 aliphatic heterocycles. The minimum Gasteiger partial charge on any atom is -0.381 e. The van der Waals surface area contributed by atoms with Crippen LogP contribution in [-0.4, -0.2) is 57.1 Å². The summed E-state index contributed by atoms with van der Waals surface area (Å²) < 4.78 is 5.45. The smallest absolute Gasteiger partial charge is 0.270 e. The van der Waals surface area contributed by atoms with Crippen LogP contribution in [0.1, 0.15) is 35.4 Å². The molecule has 3 N–H and O–H groups in total. The third-order valence-corrected chi connectivity index (χ3v) is 7.95. The average molecular weight is 519 g/mol. The number of nitrogens with one attached hydrogen (secondary N) is 3. The lowest BCUT2D eigenvalue weighted by Gasteiger charge is -2.36. The van der Waals surface area contributed by atoms with Crippen LogP contribution in [-0.2, 0) is 30.7 Å². The van der Waals surface area contributed by atoms with E-state index in [1.165, 1.54) is 28.6 Å². The summed E-state index contributed by atoms with van der Waals surface area (Å²) in [5.41, 5.74) is 7.15. The summed E-state index contributed by atoms with van der Waals surface area (Å²) in [7, 11) is 0. The molecule has 11 heteroatoms. The zero-order valence-electron chi connectivity index (χ0n) is 21.0. The number of nitrogens with zero attached hydrogens (tertiary/aromatic N) is 3. The molecule has 5 heterocycles. The first kappa shape index (κ1) is 24.5. The fourth-order valence-electron chi connectivity index (χ4n) is 5.95. The van der Waals surface area contributed by atoms with Crippen LogP contribution in [0, 0.1) is 20.2 Å². The Balaban J connectivity index is 0.000000146. The summed E-state index contributed by atoms with van der Waals surface area (Å²) in [6, 6.07) is 10.6. The number of hydrogen-bond acceptors (Lipinski definition) is 7. The van der Waals surface area contributed by atoms with E-state index in [1.807, 2.05) is 6.07 Å². The van der Waals surface area contributed by atoms with Crippen molar-refractivity contribution >= 4 is 33.2 Å². The van der Waals surface area contributed by atoms with Gasteiger partial charge in [-0.2, -0.15) is 0 Å². The van der Waals surface area contributed by atoms with Crippen LogP contribution < -0.4 is 5.32 Å². The molecule has 0 amide bonds. The molecule has 4 aromatic rings. The third kappa shape index (κ3) is 4.64. The number of ether oxygens (including phenoxy) is 1. The second-order valence-electron chi connectivity index (χ2n) is 10.1. The molecule has 0 spiro atoms. The number of nitro groups is 2. The molecule has 38 heavy (non-hydrogen) atoms.